The van der Waals surface area contributed by atoms with E-state index < -0.39 is 0 Å². The lowest BCUT2D eigenvalue weighted by molar-refractivity contribution is -0.128. The Morgan fingerprint density at radius 1 is 1.22 bits per heavy atom. The van der Waals surface area contributed by atoms with Crippen LogP contribution in [0.4, 0.5) is 5.82 Å². The first-order chi connectivity index (χ1) is 13.1. The van der Waals surface area contributed by atoms with Gasteiger partial charge >= 0.3 is 0 Å². The third-order valence-electron chi connectivity index (χ3n) is 4.59. The number of carbonyl (C=O) groups is 1. The number of amides is 1. The zero-order valence-electron chi connectivity index (χ0n) is 14.9. The molecule has 0 unspecified atom stereocenters. The standard InChI is InChI=1S/C18H19N5O2S2/c1-21-17(25)13-5-11-26-16(13)20-18(21)27-12-15(24)23-9-7-22(8-10-23)14-4-2-3-6-19-14/h2-6,11H,7-10,12H2,1H3. The third kappa shape index (κ3) is 3.70. The zero-order valence-corrected chi connectivity index (χ0v) is 16.5. The van der Waals surface area contributed by atoms with Crippen molar-refractivity contribution in [2.45, 2.75) is 5.16 Å². The lowest BCUT2D eigenvalue weighted by atomic mass is 10.3. The molecule has 0 radical (unpaired) electrons. The number of anilines is 1. The van der Waals surface area contributed by atoms with Crippen molar-refractivity contribution in [3.8, 4) is 0 Å². The molecule has 0 aliphatic carbocycles. The van der Waals surface area contributed by atoms with E-state index in [1.165, 1.54) is 27.7 Å². The molecule has 7 nitrogen and oxygen atoms in total. The Morgan fingerprint density at radius 2 is 2.04 bits per heavy atom. The topological polar surface area (TPSA) is 71.3 Å². The van der Waals surface area contributed by atoms with Crippen LogP contribution in [-0.2, 0) is 11.8 Å². The molecular weight excluding hydrogens is 382 g/mol. The molecule has 3 aromatic heterocycles. The van der Waals surface area contributed by atoms with Crippen molar-refractivity contribution in [2.24, 2.45) is 7.05 Å². The lowest BCUT2D eigenvalue weighted by Crippen LogP contribution is -2.49. The number of hydrogen-bond donors (Lipinski definition) is 0. The molecular formula is C18H19N5O2S2. The molecule has 1 saturated heterocycles. The van der Waals surface area contributed by atoms with Crippen molar-refractivity contribution in [2.75, 3.05) is 36.8 Å². The number of carbonyl (C=O) groups excluding carboxylic acids is 1. The van der Waals surface area contributed by atoms with Crippen molar-refractivity contribution >= 4 is 45.0 Å². The van der Waals surface area contributed by atoms with Crippen LogP contribution in [0.5, 0.6) is 0 Å². The predicted octanol–water partition coefficient (Wildman–Crippen LogP) is 1.83. The Hall–Kier alpha value is -2.39. The smallest absolute Gasteiger partial charge is 0.262 e. The number of thioether (sulfide) groups is 1. The fourth-order valence-electron chi connectivity index (χ4n) is 3.05. The summed E-state index contributed by atoms with van der Waals surface area (Å²) >= 11 is 2.76. The average molecular weight is 402 g/mol. The Labute approximate surface area is 164 Å². The summed E-state index contributed by atoms with van der Waals surface area (Å²) in [7, 11) is 1.70. The highest BCUT2D eigenvalue weighted by molar-refractivity contribution is 7.99. The van der Waals surface area contributed by atoms with E-state index in [4.69, 9.17) is 0 Å². The van der Waals surface area contributed by atoms with Crippen LogP contribution < -0.4 is 10.5 Å². The van der Waals surface area contributed by atoms with Crippen molar-refractivity contribution < 1.29 is 4.79 Å². The molecule has 0 atom stereocenters. The number of piperazine rings is 1. The van der Waals surface area contributed by atoms with Crippen LogP contribution in [0.3, 0.4) is 0 Å². The molecule has 0 saturated carbocycles. The molecule has 0 N–H and O–H groups in total. The SMILES string of the molecule is Cn1c(SCC(=O)N2CCN(c3ccccn3)CC2)nc2sccc2c1=O. The Morgan fingerprint density at radius 3 is 2.78 bits per heavy atom. The first-order valence-electron chi connectivity index (χ1n) is 8.64. The number of rotatable bonds is 4. The summed E-state index contributed by atoms with van der Waals surface area (Å²) in [5, 5.41) is 3.07. The van der Waals surface area contributed by atoms with Gasteiger partial charge in [0.2, 0.25) is 5.91 Å². The zero-order chi connectivity index (χ0) is 18.8. The normalized spacial score (nSPS) is 14.7. The molecule has 0 aromatic carbocycles. The first-order valence-corrected chi connectivity index (χ1v) is 10.5. The molecule has 1 aliphatic rings. The molecule has 3 aromatic rings. The summed E-state index contributed by atoms with van der Waals surface area (Å²) in [5.74, 6) is 1.30. The van der Waals surface area contributed by atoms with Crippen LogP contribution in [0.15, 0.2) is 45.8 Å². The number of thiophene rings is 1. The Bertz CT molecular complexity index is 1010. The Kier molecular flexibility index (Phi) is 5.13. The summed E-state index contributed by atoms with van der Waals surface area (Å²) in [6.45, 7) is 2.88. The van der Waals surface area contributed by atoms with Gasteiger partial charge < -0.3 is 9.80 Å². The lowest BCUT2D eigenvalue weighted by Gasteiger charge is -2.35. The van der Waals surface area contributed by atoms with Crippen LogP contribution in [0.2, 0.25) is 0 Å². The van der Waals surface area contributed by atoms with Gasteiger partial charge in [0.1, 0.15) is 10.6 Å². The predicted molar refractivity (Wildman–Crippen MR) is 109 cm³/mol. The maximum atomic E-state index is 12.6. The van der Waals surface area contributed by atoms with Gasteiger partial charge in [-0.15, -0.1) is 11.3 Å². The second-order valence-electron chi connectivity index (χ2n) is 6.24. The minimum absolute atomic E-state index is 0.0693. The maximum Gasteiger partial charge on any atom is 0.262 e. The summed E-state index contributed by atoms with van der Waals surface area (Å²) in [6, 6.07) is 7.64. The molecule has 4 rings (SSSR count). The number of pyridine rings is 1. The molecule has 9 heteroatoms. The third-order valence-corrected chi connectivity index (χ3v) is 6.42. The van der Waals surface area contributed by atoms with Crippen molar-refractivity contribution in [3.05, 3.63) is 46.2 Å². The van der Waals surface area contributed by atoms with Crippen LogP contribution in [0.1, 0.15) is 0 Å². The van der Waals surface area contributed by atoms with Crippen molar-refractivity contribution in [3.63, 3.8) is 0 Å². The number of nitrogens with zero attached hydrogens (tertiary/aromatic N) is 5. The number of aromatic nitrogens is 3. The highest BCUT2D eigenvalue weighted by Crippen LogP contribution is 2.21. The van der Waals surface area contributed by atoms with Gasteiger partial charge in [-0.2, -0.15) is 0 Å². The summed E-state index contributed by atoms with van der Waals surface area (Å²) in [6.07, 6.45) is 1.78. The molecule has 4 heterocycles. The fraction of sp³-hybridized carbons (Fsp3) is 0.333. The van der Waals surface area contributed by atoms with Crippen LogP contribution in [0.25, 0.3) is 10.2 Å². The second kappa shape index (κ2) is 7.69. The van der Waals surface area contributed by atoms with Crippen molar-refractivity contribution in [1.29, 1.82) is 0 Å². The van der Waals surface area contributed by atoms with Gasteiger partial charge in [0.05, 0.1) is 11.1 Å². The molecule has 140 valence electrons. The second-order valence-corrected chi connectivity index (χ2v) is 8.08. The van der Waals surface area contributed by atoms with E-state index in [1.807, 2.05) is 28.5 Å². The van der Waals surface area contributed by atoms with E-state index >= 15 is 0 Å². The monoisotopic (exact) mass is 401 g/mol. The number of fused-ring (bicyclic) bond motifs is 1. The summed E-state index contributed by atoms with van der Waals surface area (Å²) in [4.78, 5) is 38.6. The molecule has 0 bridgehead atoms. The van der Waals surface area contributed by atoms with Gasteiger partial charge in [-0.3, -0.25) is 14.2 Å². The fourth-order valence-corrected chi connectivity index (χ4v) is 4.73. The van der Waals surface area contributed by atoms with E-state index in [0.717, 1.165) is 23.7 Å². The van der Waals surface area contributed by atoms with Gasteiger partial charge in [-0.1, -0.05) is 17.8 Å². The van der Waals surface area contributed by atoms with E-state index in [2.05, 4.69) is 14.9 Å². The summed E-state index contributed by atoms with van der Waals surface area (Å²) in [5.41, 5.74) is -0.0693. The number of hydrogen-bond acceptors (Lipinski definition) is 7. The average Bonchev–Trinajstić information content (AvgIpc) is 3.19. The van der Waals surface area contributed by atoms with Gasteiger partial charge in [-0.25, -0.2) is 9.97 Å². The Balaban J connectivity index is 1.37. The minimum atomic E-state index is -0.0693. The highest BCUT2D eigenvalue weighted by atomic mass is 32.2. The van der Waals surface area contributed by atoms with E-state index in [9.17, 15) is 9.59 Å². The maximum absolute atomic E-state index is 12.6. The van der Waals surface area contributed by atoms with Gasteiger partial charge in [0.25, 0.3) is 5.56 Å². The molecule has 1 fully saturated rings. The largest absolute Gasteiger partial charge is 0.353 e. The summed E-state index contributed by atoms with van der Waals surface area (Å²) < 4.78 is 1.52. The first kappa shape index (κ1) is 18.0. The van der Waals surface area contributed by atoms with E-state index in [1.54, 1.807) is 19.3 Å². The van der Waals surface area contributed by atoms with Gasteiger partial charge in [0, 0.05) is 39.4 Å². The van der Waals surface area contributed by atoms with Gasteiger partial charge in [0.15, 0.2) is 5.16 Å². The quantitative estimate of drug-likeness (QED) is 0.491. The van der Waals surface area contributed by atoms with Crippen LogP contribution >= 0.6 is 23.1 Å². The molecule has 0 spiro atoms. The molecule has 27 heavy (non-hydrogen) atoms. The minimum Gasteiger partial charge on any atom is -0.353 e. The molecule has 1 amide bonds. The van der Waals surface area contributed by atoms with E-state index in [0.29, 0.717) is 23.6 Å². The van der Waals surface area contributed by atoms with Gasteiger partial charge in [-0.05, 0) is 23.6 Å². The van der Waals surface area contributed by atoms with Crippen molar-refractivity contribution in [1.82, 2.24) is 19.4 Å². The van der Waals surface area contributed by atoms with E-state index in [-0.39, 0.29) is 17.2 Å². The molecule has 1 aliphatic heterocycles. The van der Waals surface area contributed by atoms with Crippen LogP contribution in [0, 0.1) is 0 Å². The van der Waals surface area contributed by atoms with Crippen LogP contribution in [-0.4, -0.2) is 57.3 Å². The highest BCUT2D eigenvalue weighted by Gasteiger charge is 2.22.